The molecule has 8 heteroatoms. The molecule has 1 N–H and O–H groups in total. The molecule has 21 heavy (non-hydrogen) atoms. The molecule has 1 saturated heterocycles. The molecule has 1 aromatic heterocycles. The van der Waals surface area contributed by atoms with Crippen molar-refractivity contribution in [1.29, 1.82) is 0 Å². The fourth-order valence-electron chi connectivity index (χ4n) is 2.42. The molecular weight excluding hydrogens is 294 g/mol. The number of hydrogen-bond acceptors (Lipinski definition) is 5. The molecular formula is C13H23N3O4S. The normalized spacial score (nSPS) is 20.5. The highest BCUT2D eigenvalue weighted by Crippen LogP contribution is 2.21. The van der Waals surface area contributed by atoms with Crippen LogP contribution in [0.5, 0.6) is 0 Å². The lowest BCUT2D eigenvalue weighted by molar-refractivity contribution is 0.148. The van der Waals surface area contributed by atoms with Crippen molar-refractivity contribution in [1.82, 2.24) is 14.2 Å². The molecule has 1 aliphatic rings. The van der Waals surface area contributed by atoms with E-state index < -0.39 is 10.2 Å². The van der Waals surface area contributed by atoms with Gasteiger partial charge in [0.25, 0.3) is 10.2 Å². The number of ether oxygens (including phenoxy) is 1. The Kier molecular flexibility index (Phi) is 5.37. The van der Waals surface area contributed by atoms with E-state index in [9.17, 15) is 8.42 Å². The van der Waals surface area contributed by atoms with Gasteiger partial charge in [-0.2, -0.15) is 17.4 Å². The molecule has 0 spiro atoms. The summed E-state index contributed by atoms with van der Waals surface area (Å²) in [5.74, 6) is 0.982. The molecule has 0 aliphatic carbocycles. The lowest BCUT2D eigenvalue weighted by atomic mass is 10.1. The van der Waals surface area contributed by atoms with Crippen molar-refractivity contribution in [3.63, 3.8) is 0 Å². The van der Waals surface area contributed by atoms with Gasteiger partial charge in [0.15, 0.2) is 0 Å². The monoisotopic (exact) mass is 317 g/mol. The van der Waals surface area contributed by atoms with Crippen molar-refractivity contribution in [3.05, 3.63) is 17.5 Å². The van der Waals surface area contributed by atoms with Crippen LogP contribution in [0.1, 0.15) is 44.1 Å². The summed E-state index contributed by atoms with van der Waals surface area (Å²) in [6.07, 6.45) is 1.69. The topological polar surface area (TPSA) is 84.7 Å². The molecule has 1 aliphatic heterocycles. The quantitative estimate of drug-likeness (QED) is 0.818. The Morgan fingerprint density at radius 3 is 2.95 bits per heavy atom. The highest BCUT2D eigenvalue weighted by molar-refractivity contribution is 7.87. The second-order valence-corrected chi connectivity index (χ2v) is 7.27. The first-order valence-electron chi connectivity index (χ1n) is 7.15. The smallest absolute Gasteiger partial charge is 0.280 e. The molecule has 120 valence electrons. The lowest BCUT2D eigenvalue weighted by Gasteiger charge is -2.23. The van der Waals surface area contributed by atoms with Gasteiger partial charge in [-0.25, -0.2) is 0 Å². The molecule has 0 radical (unpaired) electrons. The summed E-state index contributed by atoms with van der Waals surface area (Å²) in [5, 5.41) is 3.88. The third-order valence-corrected chi connectivity index (χ3v) is 5.18. The minimum atomic E-state index is -3.52. The Hall–Kier alpha value is -0.960. The van der Waals surface area contributed by atoms with Crippen LogP contribution in [0.3, 0.4) is 0 Å². The zero-order valence-electron chi connectivity index (χ0n) is 12.7. The van der Waals surface area contributed by atoms with Crippen LogP contribution >= 0.6 is 0 Å². The molecule has 0 unspecified atom stereocenters. The number of nitrogens with zero attached hydrogens (tertiary/aromatic N) is 2. The van der Waals surface area contributed by atoms with Crippen LogP contribution in [-0.2, 0) is 21.5 Å². The van der Waals surface area contributed by atoms with Crippen molar-refractivity contribution in [2.75, 3.05) is 20.3 Å². The highest BCUT2D eigenvalue weighted by atomic mass is 32.2. The molecule has 2 rings (SSSR count). The zero-order valence-corrected chi connectivity index (χ0v) is 13.5. The van der Waals surface area contributed by atoms with E-state index >= 15 is 0 Å². The second kappa shape index (κ2) is 6.87. The zero-order chi connectivity index (χ0) is 15.5. The van der Waals surface area contributed by atoms with Crippen molar-refractivity contribution in [3.8, 4) is 0 Å². The summed E-state index contributed by atoms with van der Waals surface area (Å²) in [6.45, 7) is 5.07. The first-order valence-corrected chi connectivity index (χ1v) is 8.59. The standard InChI is InChI=1S/C13H23N3O4S/c1-10(2)13-7-11(15-20-13)8-14-21(17,18)16-6-4-5-12(16)9-19-3/h7,10,12,14H,4-6,8-9H2,1-3H3/t12-/m0/s1. The Bertz CT molecular complexity index is 556. The van der Waals surface area contributed by atoms with Crippen molar-refractivity contribution >= 4 is 10.2 Å². The van der Waals surface area contributed by atoms with Crippen molar-refractivity contribution in [2.24, 2.45) is 0 Å². The third-order valence-electron chi connectivity index (χ3n) is 3.57. The Morgan fingerprint density at radius 2 is 2.33 bits per heavy atom. The maximum absolute atomic E-state index is 12.3. The predicted octanol–water partition coefficient (Wildman–Crippen LogP) is 1.24. The van der Waals surface area contributed by atoms with Gasteiger partial charge in [0.05, 0.1) is 18.8 Å². The number of nitrogens with one attached hydrogen (secondary N) is 1. The fourth-order valence-corrected chi connectivity index (χ4v) is 3.84. The molecule has 7 nitrogen and oxygen atoms in total. The largest absolute Gasteiger partial charge is 0.383 e. The molecule has 0 saturated carbocycles. The third kappa shape index (κ3) is 4.03. The van der Waals surface area contributed by atoms with Crippen molar-refractivity contribution in [2.45, 2.75) is 45.2 Å². The summed E-state index contributed by atoms with van der Waals surface area (Å²) in [4.78, 5) is 0. The van der Waals surface area contributed by atoms with Gasteiger partial charge < -0.3 is 9.26 Å². The van der Waals surface area contributed by atoms with E-state index in [1.165, 1.54) is 4.31 Å². The highest BCUT2D eigenvalue weighted by Gasteiger charge is 2.33. The van der Waals surface area contributed by atoms with E-state index in [4.69, 9.17) is 9.26 Å². The van der Waals surface area contributed by atoms with Gasteiger partial charge in [0, 0.05) is 31.7 Å². The average molecular weight is 317 g/mol. The van der Waals surface area contributed by atoms with E-state index in [1.807, 2.05) is 13.8 Å². The molecule has 2 heterocycles. The van der Waals surface area contributed by atoms with Crippen LogP contribution in [0.4, 0.5) is 0 Å². The van der Waals surface area contributed by atoms with Crippen LogP contribution in [-0.4, -0.2) is 44.2 Å². The van der Waals surface area contributed by atoms with Gasteiger partial charge in [-0.1, -0.05) is 19.0 Å². The number of methoxy groups -OCH3 is 1. The molecule has 1 aromatic rings. The second-order valence-electron chi connectivity index (χ2n) is 5.56. The van der Waals surface area contributed by atoms with E-state index in [-0.39, 0.29) is 18.5 Å². The van der Waals surface area contributed by atoms with Gasteiger partial charge in [0.1, 0.15) is 5.76 Å². The molecule has 0 aromatic carbocycles. The summed E-state index contributed by atoms with van der Waals surface area (Å²) in [5.41, 5.74) is 0.588. The van der Waals surface area contributed by atoms with Crippen LogP contribution in [0, 0.1) is 0 Å². The van der Waals surface area contributed by atoms with Gasteiger partial charge >= 0.3 is 0 Å². The SMILES string of the molecule is COC[C@@H]1CCCN1S(=O)(=O)NCc1cc(C(C)C)on1. The van der Waals surface area contributed by atoms with E-state index in [0.29, 0.717) is 18.8 Å². The number of rotatable bonds is 7. The fraction of sp³-hybridized carbons (Fsp3) is 0.769. The minimum absolute atomic E-state index is 0.0870. The summed E-state index contributed by atoms with van der Waals surface area (Å²) >= 11 is 0. The maximum Gasteiger partial charge on any atom is 0.280 e. The molecule has 0 bridgehead atoms. The minimum Gasteiger partial charge on any atom is -0.383 e. The summed E-state index contributed by atoms with van der Waals surface area (Å²) < 4.78 is 39.0. The number of hydrogen-bond donors (Lipinski definition) is 1. The Labute approximate surface area is 125 Å². The molecule has 1 fully saturated rings. The molecule has 0 amide bonds. The summed E-state index contributed by atoms with van der Waals surface area (Å²) in [7, 11) is -1.94. The van der Waals surface area contributed by atoms with Crippen LogP contribution < -0.4 is 4.72 Å². The molecule has 1 atom stereocenters. The Balaban J connectivity index is 1.97. The maximum atomic E-state index is 12.3. The lowest BCUT2D eigenvalue weighted by Crippen LogP contribution is -2.44. The Morgan fingerprint density at radius 1 is 1.57 bits per heavy atom. The van der Waals surface area contributed by atoms with Gasteiger partial charge in [-0.15, -0.1) is 0 Å². The van der Waals surface area contributed by atoms with Crippen LogP contribution in [0.2, 0.25) is 0 Å². The van der Waals surface area contributed by atoms with Crippen LogP contribution in [0.15, 0.2) is 10.6 Å². The van der Waals surface area contributed by atoms with Gasteiger partial charge in [0.2, 0.25) is 0 Å². The van der Waals surface area contributed by atoms with E-state index in [2.05, 4.69) is 9.88 Å². The van der Waals surface area contributed by atoms with Gasteiger partial charge in [-0.3, -0.25) is 0 Å². The average Bonchev–Trinajstić information content (AvgIpc) is 3.06. The first-order chi connectivity index (χ1) is 9.94. The van der Waals surface area contributed by atoms with E-state index in [0.717, 1.165) is 18.6 Å². The van der Waals surface area contributed by atoms with E-state index in [1.54, 1.807) is 13.2 Å². The number of aromatic nitrogens is 1. The predicted molar refractivity (Wildman–Crippen MR) is 78.0 cm³/mol. The van der Waals surface area contributed by atoms with Crippen LogP contribution in [0.25, 0.3) is 0 Å². The first kappa shape index (κ1) is 16.4. The van der Waals surface area contributed by atoms with Gasteiger partial charge in [-0.05, 0) is 12.8 Å². The van der Waals surface area contributed by atoms with Crippen molar-refractivity contribution < 1.29 is 17.7 Å². The summed E-state index contributed by atoms with van der Waals surface area (Å²) in [6, 6.07) is 1.69.